The molecule has 0 saturated heterocycles. The molecular formula is C28H34F2N8O3. The first kappa shape index (κ1) is 29.5. The molecule has 13 heteroatoms. The lowest BCUT2D eigenvalue weighted by Crippen LogP contribution is -2.29. The smallest absolute Gasteiger partial charge is 0.297 e. The number of pyridine rings is 1. The molecule has 0 aliphatic carbocycles. The van der Waals surface area contributed by atoms with Gasteiger partial charge in [-0.1, -0.05) is 0 Å². The zero-order valence-electron chi connectivity index (χ0n) is 23.9. The molecule has 4 rings (SSSR count). The van der Waals surface area contributed by atoms with Crippen molar-refractivity contribution < 1.29 is 23.0 Å². The Hall–Kier alpha value is -4.52. The van der Waals surface area contributed by atoms with E-state index in [9.17, 15) is 8.78 Å². The van der Waals surface area contributed by atoms with E-state index in [4.69, 9.17) is 14.2 Å². The molecule has 3 aromatic heterocycles. The van der Waals surface area contributed by atoms with Crippen LogP contribution in [0.1, 0.15) is 24.7 Å². The fraction of sp³-hybridized carbons (Fsp3) is 0.357. The second-order valence-corrected chi connectivity index (χ2v) is 9.49. The van der Waals surface area contributed by atoms with Crippen LogP contribution in [0.4, 0.5) is 26.2 Å². The molecule has 1 aromatic carbocycles. The van der Waals surface area contributed by atoms with Crippen LogP contribution in [0.15, 0.2) is 48.9 Å². The minimum absolute atomic E-state index is 0.146. The molecule has 11 nitrogen and oxygen atoms in total. The van der Waals surface area contributed by atoms with Crippen LogP contribution in [-0.2, 0) is 13.1 Å². The highest BCUT2D eigenvalue weighted by Gasteiger charge is 2.17. The molecule has 0 aliphatic heterocycles. The SMILES string of the molecule is COc1ccc(CNc2cc(Nc3cc(OC)c(-c4cnn(CC(C)N(C)C)c4)cn3)nc(C(F)F)n2)c(OC)c1. The summed E-state index contributed by atoms with van der Waals surface area (Å²) in [5, 5.41) is 10.5. The van der Waals surface area contributed by atoms with Gasteiger partial charge < -0.3 is 29.7 Å². The van der Waals surface area contributed by atoms with Crippen molar-refractivity contribution in [1.29, 1.82) is 0 Å². The average Bonchev–Trinajstić information content (AvgIpc) is 3.43. The van der Waals surface area contributed by atoms with E-state index in [2.05, 4.69) is 42.5 Å². The van der Waals surface area contributed by atoms with E-state index in [0.29, 0.717) is 29.1 Å². The lowest BCUT2D eigenvalue weighted by Gasteiger charge is -2.19. The highest BCUT2D eigenvalue weighted by molar-refractivity contribution is 5.71. The monoisotopic (exact) mass is 568 g/mol. The maximum absolute atomic E-state index is 13.7. The van der Waals surface area contributed by atoms with Gasteiger partial charge in [-0.05, 0) is 33.2 Å². The number of ether oxygens (including phenoxy) is 3. The second-order valence-electron chi connectivity index (χ2n) is 9.49. The predicted molar refractivity (Wildman–Crippen MR) is 152 cm³/mol. The third-order valence-corrected chi connectivity index (χ3v) is 6.51. The zero-order valence-corrected chi connectivity index (χ0v) is 23.9. The summed E-state index contributed by atoms with van der Waals surface area (Å²) in [6, 6.07) is 8.86. The van der Waals surface area contributed by atoms with Crippen molar-refractivity contribution >= 4 is 17.5 Å². The molecule has 0 radical (unpaired) electrons. The van der Waals surface area contributed by atoms with Crippen molar-refractivity contribution in [3.05, 3.63) is 60.3 Å². The number of likely N-dealkylation sites (N-methyl/N-ethyl adjacent to an activating group) is 1. The molecule has 41 heavy (non-hydrogen) atoms. The Kier molecular flexibility index (Phi) is 9.50. The van der Waals surface area contributed by atoms with Gasteiger partial charge in [-0.15, -0.1) is 0 Å². The van der Waals surface area contributed by atoms with Crippen LogP contribution in [0.3, 0.4) is 0 Å². The number of nitrogens with zero attached hydrogens (tertiary/aromatic N) is 6. The van der Waals surface area contributed by atoms with Crippen LogP contribution < -0.4 is 24.8 Å². The molecule has 0 saturated carbocycles. The number of aromatic nitrogens is 5. The zero-order chi connectivity index (χ0) is 29.5. The number of halogens is 2. The van der Waals surface area contributed by atoms with E-state index in [1.54, 1.807) is 51.9 Å². The van der Waals surface area contributed by atoms with Gasteiger partial charge in [0.05, 0.1) is 34.1 Å². The maximum Gasteiger partial charge on any atom is 0.297 e. The van der Waals surface area contributed by atoms with E-state index in [-0.39, 0.29) is 18.2 Å². The van der Waals surface area contributed by atoms with Gasteiger partial charge in [0.1, 0.15) is 34.7 Å². The second kappa shape index (κ2) is 13.2. The minimum atomic E-state index is -2.87. The van der Waals surface area contributed by atoms with Crippen LogP contribution in [0, 0.1) is 0 Å². The summed E-state index contributed by atoms with van der Waals surface area (Å²) >= 11 is 0. The Bertz CT molecular complexity index is 1460. The summed E-state index contributed by atoms with van der Waals surface area (Å²) in [7, 11) is 8.70. The van der Waals surface area contributed by atoms with Crippen molar-refractivity contribution in [3.63, 3.8) is 0 Å². The van der Waals surface area contributed by atoms with Gasteiger partial charge in [0.2, 0.25) is 0 Å². The van der Waals surface area contributed by atoms with Crippen molar-refractivity contribution in [2.75, 3.05) is 46.1 Å². The Morgan fingerprint density at radius 2 is 1.68 bits per heavy atom. The summed E-state index contributed by atoms with van der Waals surface area (Å²) in [6.07, 6.45) is 2.46. The van der Waals surface area contributed by atoms with Gasteiger partial charge in [0.15, 0.2) is 5.82 Å². The molecule has 0 amide bonds. The number of hydrogen-bond acceptors (Lipinski definition) is 10. The van der Waals surface area contributed by atoms with E-state index in [1.165, 1.54) is 6.07 Å². The molecule has 218 valence electrons. The minimum Gasteiger partial charge on any atom is -0.497 e. The standard InChI is InChI=1S/C28H34F2N8O3/c1-17(37(2)3)15-38-16-19(13-33-38)21-14-32-24(10-23(21)41-6)34-26-11-25(35-28(36-26)27(29)30)31-12-18-7-8-20(39-4)9-22(18)40-5/h7-11,13-14,16-17,27H,12,15H2,1-6H3,(H2,31,32,34,35,36). The summed E-state index contributed by atoms with van der Waals surface area (Å²) in [5.74, 6) is 1.86. The Labute approximate surface area is 237 Å². The molecule has 1 unspecified atom stereocenters. The molecule has 0 aliphatic rings. The largest absolute Gasteiger partial charge is 0.497 e. The first-order valence-electron chi connectivity index (χ1n) is 12.8. The third-order valence-electron chi connectivity index (χ3n) is 6.51. The van der Waals surface area contributed by atoms with Crippen molar-refractivity contribution in [2.24, 2.45) is 0 Å². The summed E-state index contributed by atoms with van der Waals surface area (Å²) in [5.41, 5.74) is 2.38. The summed E-state index contributed by atoms with van der Waals surface area (Å²) in [6.45, 7) is 3.12. The Morgan fingerprint density at radius 3 is 2.37 bits per heavy atom. The number of hydrogen-bond donors (Lipinski definition) is 2. The third kappa shape index (κ3) is 7.37. The highest BCUT2D eigenvalue weighted by atomic mass is 19.3. The highest BCUT2D eigenvalue weighted by Crippen LogP contribution is 2.32. The number of methoxy groups -OCH3 is 3. The van der Waals surface area contributed by atoms with Gasteiger partial charge in [0, 0.05) is 59.9 Å². The van der Waals surface area contributed by atoms with Gasteiger partial charge in [0.25, 0.3) is 6.43 Å². The van der Waals surface area contributed by atoms with E-state index in [1.807, 2.05) is 31.0 Å². The van der Waals surface area contributed by atoms with Gasteiger partial charge in [-0.2, -0.15) is 5.10 Å². The number of alkyl halides is 2. The molecule has 0 spiro atoms. The molecule has 4 aromatic rings. The van der Waals surface area contributed by atoms with E-state index >= 15 is 0 Å². The van der Waals surface area contributed by atoms with Crippen LogP contribution in [0.2, 0.25) is 0 Å². The predicted octanol–water partition coefficient (Wildman–Crippen LogP) is 5.00. The first-order valence-corrected chi connectivity index (χ1v) is 12.8. The van der Waals surface area contributed by atoms with Gasteiger partial charge in [-0.25, -0.2) is 23.7 Å². The number of anilines is 3. The Balaban J connectivity index is 1.54. The van der Waals surface area contributed by atoms with Crippen LogP contribution in [-0.4, -0.2) is 71.1 Å². The molecular weight excluding hydrogens is 534 g/mol. The normalized spacial score (nSPS) is 12.0. The van der Waals surface area contributed by atoms with Crippen molar-refractivity contribution in [3.8, 4) is 28.4 Å². The lowest BCUT2D eigenvalue weighted by atomic mass is 10.1. The van der Waals surface area contributed by atoms with Crippen LogP contribution in [0.5, 0.6) is 17.2 Å². The topological polar surface area (TPSA) is 111 Å². The van der Waals surface area contributed by atoms with Crippen LogP contribution >= 0.6 is 0 Å². The van der Waals surface area contributed by atoms with Crippen LogP contribution in [0.25, 0.3) is 11.1 Å². The first-order chi connectivity index (χ1) is 19.7. The summed E-state index contributed by atoms with van der Waals surface area (Å²) < 4.78 is 45.4. The maximum atomic E-state index is 13.7. The Morgan fingerprint density at radius 1 is 0.927 bits per heavy atom. The van der Waals surface area contributed by atoms with Crippen molar-refractivity contribution in [2.45, 2.75) is 32.5 Å². The fourth-order valence-electron chi connectivity index (χ4n) is 3.96. The quantitative estimate of drug-likeness (QED) is 0.228. The molecule has 0 bridgehead atoms. The molecule has 2 N–H and O–H groups in total. The lowest BCUT2D eigenvalue weighted by molar-refractivity contribution is 0.140. The fourth-order valence-corrected chi connectivity index (χ4v) is 3.96. The molecule has 0 fully saturated rings. The molecule has 1 atom stereocenters. The average molecular weight is 569 g/mol. The summed E-state index contributed by atoms with van der Waals surface area (Å²) in [4.78, 5) is 14.5. The van der Waals surface area contributed by atoms with E-state index in [0.717, 1.165) is 23.2 Å². The molecule has 3 heterocycles. The van der Waals surface area contributed by atoms with Gasteiger partial charge in [-0.3, -0.25) is 4.68 Å². The number of nitrogens with one attached hydrogen (secondary N) is 2. The number of benzene rings is 1. The van der Waals surface area contributed by atoms with Crippen molar-refractivity contribution in [1.82, 2.24) is 29.6 Å². The number of rotatable bonds is 13. The van der Waals surface area contributed by atoms with E-state index < -0.39 is 12.2 Å². The van der Waals surface area contributed by atoms with Gasteiger partial charge >= 0.3 is 0 Å².